The molecule has 4 aromatic carbocycles. The van der Waals surface area contributed by atoms with E-state index in [-0.39, 0.29) is 16.2 Å². The second-order valence-electron chi connectivity index (χ2n) is 12.0. The average Bonchev–Trinajstić information content (AvgIpc) is 3.56. The molecule has 2 aromatic heterocycles. The molecule has 1 aliphatic heterocycles. The summed E-state index contributed by atoms with van der Waals surface area (Å²) < 4.78 is 4.52. The largest absolute Gasteiger partial charge is 0.318 e. The van der Waals surface area contributed by atoms with Crippen LogP contribution in [0.25, 0.3) is 28.6 Å². The predicted octanol–water partition coefficient (Wildman–Crippen LogP) is 7.30. The molecule has 0 unspecified atom stereocenters. The molecule has 0 radical (unpaired) electrons. The smallest absolute Gasteiger partial charge is 0.271 e. The summed E-state index contributed by atoms with van der Waals surface area (Å²) >= 11 is 1.37. The van der Waals surface area contributed by atoms with Gasteiger partial charge in [0.25, 0.3) is 11.2 Å². The average molecular weight is 635 g/mol. The van der Waals surface area contributed by atoms with Crippen LogP contribution in [0.1, 0.15) is 46.1 Å². The number of non-ortho nitro benzene ring substituents is 1. The molecule has 0 bridgehead atoms. The van der Waals surface area contributed by atoms with Gasteiger partial charge in [0.15, 0.2) is 4.80 Å². The molecule has 3 heterocycles. The second-order valence-corrected chi connectivity index (χ2v) is 13.0. The first-order valence-electron chi connectivity index (χ1n) is 15.6. The third-order valence-electron chi connectivity index (χ3n) is 9.26. The fourth-order valence-corrected chi connectivity index (χ4v) is 8.03. The van der Waals surface area contributed by atoms with E-state index in [1.54, 1.807) is 16.7 Å². The molecule has 0 spiro atoms. The normalized spacial score (nSPS) is 15.5. The molecule has 0 saturated carbocycles. The lowest BCUT2D eigenvalue weighted by atomic mass is 9.83. The van der Waals surface area contributed by atoms with E-state index in [0.717, 1.165) is 51.5 Å². The summed E-state index contributed by atoms with van der Waals surface area (Å²) in [6.07, 6.45) is 3.50. The quantitative estimate of drug-likeness (QED) is 0.147. The molecule has 8 rings (SSSR count). The van der Waals surface area contributed by atoms with Crippen LogP contribution in [0, 0.1) is 24.0 Å². The Morgan fingerprint density at radius 3 is 2.40 bits per heavy atom. The number of thiazole rings is 1. The summed E-state index contributed by atoms with van der Waals surface area (Å²) in [6, 6.07) is 35.4. The van der Waals surface area contributed by atoms with E-state index in [4.69, 9.17) is 4.99 Å². The molecular weight excluding hydrogens is 605 g/mol. The summed E-state index contributed by atoms with van der Waals surface area (Å²) in [5.74, 6) is 0. The van der Waals surface area contributed by atoms with E-state index in [2.05, 4.69) is 73.0 Å². The number of hydrogen-bond donors (Lipinski definition) is 0. The van der Waals surface area contributed by atoms with Crippen molar-refractivity contribution in [1.29, 1.82) is 0 Å². The standard InChI is InChI=1S/C39H30N4O3S/c1-24-21-30(25(2)41(24)31-18-15-27(16-19-31)26-9-4-3-5-10-26)23-35-38(44)42-37(29-12-8-13-32(22-29)43(45)46)34-20-17-28-11-6-7-14-33(28)36(34)40-39(42)47-35/h3-16,18-19,21-23,37H,17,20H2,1-2H3/b35-23+/t37-/m1/s1. The highest BCUT2D eigenvalue weighted by atomic mass is 32.1. The number of rotatable bonds is 5. The summed E-state index contributed by atoms with van der Waals surface area (Å²) in [5, 5.41) is 11.7. The Morgan fingerprint density at radius 1 is 0.872 bits per heavy atom. The minimum Gasteiger partial charge on any atom is -0.318 e. The van der Waals surface area contributed by atoms with Crippen LogP contribution in [0.2, 0.25) is 0 Å². The van der Waals surface area contributed by atoms with Crippen molar-refractivity contribution < 1.29 is 4.92 Å². The van der Waals surface area contributed by atoms with Crippen molar-refractivity contribution in [2.24, 2.45) is 4.99 Å². The van der Waals surface area contributed by atoms with E-state index >= 15 is 0 Å². The van der Waals surface area contributed by atoms with E-state index in [9.17, 15) is 14.9 Å². The third kappa shape index (κ3) is 4.89. The lowest BCUT2D eigenvalue weighted by molar-refractivity contribution is -0.384. The molecular formula is C39H30N4O3S. The Labute approximate surface area is 274 Å². The minimum atomic E-state index is -0.479. The zero-order valence-electron chi connectivity index (χ0n) is 25.9. The lowest BCUT2D eigenvalue weighted by Crippen LogP contribution is -2.38. The van der Waals surface area contributed by atoms with Gasteiger partial charge in [-0.2, -0.15) is 0 Å². The number of aromatic nitrogens is 2. The molecule has 0 N–H and O–H groups in total. The van der Waals surface area contributed by atoms with Crippen molar-refractivity contribution in [1.82, 2.24) is 9.13 Å². The van der Waals surface area contributed by atoms with Crippen LogP contribution in [0.4, 0.5) is 5.69 Å². The summed E-state index contributed by atoms with van der Waals surface area (Å²) in [6.45, 7) is 4.15. The van der Waals surface area contributed by atoms with Crippen molar-refractivity contribution in [2.75, 3.05) is 0 Å². The number of nitro benzene ring substituents is 1. The molecule has 230 valence electrons. The van der Waals surface area contributed by atoms with Crippen molar-refractivity contribution in [3.05, 3.63) is 178 Å². The molecule has 1 atom stereocenters. The maximum absolute atomic E-state index is 14.3. The van der Waals surface area contributed by atoms with Gasteiger partial charge in [-0.15, -0.1) is 0 Å². The van der Waals surface area contributed by atoms with Gasteiger partial charge in [-0.05, 0) is 84.4 Å². The molecule has 0 saturated heterocycles. The maximum atomic E-state index is 14.3. The highest BCUT2D eigenvalue weighted by Gasteiger charge is 2.33. The van der Waals surface area contributed by atoms with Gasteiger partial charge in [0, 0.05) is 34.8 Å². The topological polar surface area (TPSA) is 82.4 Å². The number of allylic oxidation sites excluding steroid dienone is 1. The molecule has 0 amide bonds. The van der Waals surface area contributed by atoms with Crippen molar-refractivity contribution in [3.8, 4) is 16.8 Å². The van der Waals surface area contributed by atoms with Crippen LogP contribution in [0.5, 0.6) is 0 Å². The Hall–Kier alpha value is -5.60. The van der Waals surface area contributed by atoms with Crippen LogP contribution in [-0.2, 0) is 6.42 Å². The summed E-state index contributed by atoms with van der Waals surface area (Å²) in [7, 11) is 0. The zero-order valence-corrected chi connectivity index (χ0v) is 26.7. The number of fused-ring (bicyclic) bond motifs is 3. The van der Waals surface area contributed by atoms with Crippen molar-refractivity contribution in [3.63, 3.8) is 0 Å². The zero-order chi connectivity index (χ0) is 32.2. The number of aryl methyl sites for hydroxylation is 2. The van der Waals surface area contributed by atoms with E-state index in [1.807, 2.05) is 42.5 Å². The van der Waals surface area contributed by atoms with Crippen LogP contribution in [-0.4, -0.2) is 14.1 Å². The van der Waals surface area contributed by atoms with E-state index < -0.39 is 6.04 Å². The van der Waals surface area contributed by atoms with Gasteiger partial charge in [-0.1, -0.05) is 90.2 Å². The number of hydrogen-bond acceptors (Lipinski definition) is 5. The van der Waals surface area contributed by atoms with Gasteiger partial charge in [-0.3, -0.25) is 19.5 Å². The molecule has 2 aliphatic rings. The number of nitrogens with zero attached hydrogens (tertiary/aromatic N) is 4. The lowest BCUT2D eigenvalue weighted by Gasteiger charge is -2.30. The maximum Gasteiger partial charge on any atom is 0.271 e. The molecule has 6 aromatic rings. The second kappa shape index (κ2) is 11.3. The predicted molar refractivity (Wildman–Crippen MR) is 187 cm³/mol. The van der Waals surface area contributed by atoms with Gasteiger partial charge < -0.3 is 4.57 Å². The monoisotopic (exact) mass is 634 g/mol. The molecule has 8 heteroatoms. The fraction of sp³-hybridized carbons (Fsp3) is 0.128. The fourth-order valence-electron chi connectivity index (χ4n) is 7.04. The first-order chi connectivity index (χ1) is 22.9. The first kappa shape index (κ1) is 28.8. The molecule has 47 heavy (non-hydrogen) atoms. The van der Waals surface area contributed by atoms with Crippen molar-refractivity contribution >= 4 is 28.8 Å². The van der Waals surface area contributed by atoms with Gasteiger partial charge in [-0.25, -0.2) is 4.99 Å². The summed E-state index contributed by atoms with van der Waals surface area (Å²) in [5.41, 5.74) is 11.2. The highest BCUT2D eigenvalue weighted by Crippen LogP contribution is 2.41. The Morgan fingerprint density at radius 2 is 1.62 bits per heavy atom. The molecule has 7 nitrogen and oxygen atoms in total. The van der Waals surface area contributed by atoms with Crippen molar-refractivity contribution in [2.45, 2.75) is 32.7 Å². The van der Waals surface area contributed by atoms with E-state index in [1.165, 1.54) is 28.5 Å². The van der Waals surface area contributed by atoms with Gasteiger partial charge in [0.1, 0.15) is 0 Å². The molecule has 0 fully saturated rings. The van der Waals surface area contributed by atoms with Crippen LogP contribution in [0.15, 0.2) is 125 Å². The van der Waals surface area contributed by atoms with Gasteiger partial charge >= 0.3 is 0 Å². The Balaban J connectivity index is 1.26. The van der Waals surface area contributed by atoms with Crippen LogP contribution in [0.3, 0.4) is 0 Å². The summed E-state index contributed by atoms with van der Waals surface area (Å²) in [4.78, 5) is 31.4. The van der Waals surface area contributed by atoms with E-state index in [0.29, 0.717) is 21.3 Å². The van der Waals surface area contributed by atoms with Crippen LogP contribution >= 0.6 is 11.3 Å². The minimum absolute atomic E-state index is 0.00391. The molecule has 1 aliphatic carbocycles. The Kier molecular flexibility index (Phi) is 6.95. The van der Waals surface area contributed by atoms with Gasteiger partial charge in [0.05, 0.1) is 21.2 Å². The van der Waals surface area contributed by atoms with Crippen LogP contribution < -0.4 is 14.9 Å². The first-order valence-corrected chi connectivity index (χ1v) is 16.4. The SMILES string of the molecule is Cc1cc(/C=c2/sc3n(c2=O)[C@H](c2cccc([N+](=O)[O-])c2)C2=C(N=3)c3ccccc3CC2)c(C)n1-c1ccc(-c2ccccc2)cc1. The number of benzene rings is 4. The number of nitro groups is 1. The highest BCUT2D eigenvalue weighted by molar-refractivity contribution is 7.07. The third-order valence-corrected chi connectivity index (χ3v) is 10.2. The Bertz CT molecular complexity index is 2430. The van der Waals surface area contributed by atoms with Gasteiger partial charge in [0.2, 0.25) is 0 Å².